The number of carbonyl (C=O) groups is 2. The van der Waals surface area contributed by atoms with E-state index < -0.39 is 0 Å². The first-order valence-electron chi connectivity index (χ1n) is 6.96. The lowest BCUT2D eigenvalue weighted by atomic mass is 10.3. The van der Waals surface area contributed by atoms with Crippen LogP contribution in [0.1, 0.15) is 30.8 Å². The number of hydrogen-bond acceptors (Lipinski definition) is 3. The molecule has 6 heteroatoms. The van der Waals surface area contributed by atoms with Crippen LogP contribution in [0.4, 0.5) is 4.79 Å². The summed E-state index contributed by atoms with van der Waals surface area (Å²) in [7, 11) is 0. The molecular formula is C14H21N3O3. The minimum atomic E-state index is -0.110. The van der Waals surface area contributed by atoms with Gasteiger partial charge in [0, 0.05) is 32.2 Å². The molecule has 0 spiro atoms. The average Bonchev–Trinajstić information content (AvgIpc) is 2.81. The molecule has 1 aromatic rings. The van der Waals surface area contributed by atoms with Gasteiger partial charge in [0.2, 0.25) is 0 Å². The largest absolute Gasteiger partial charge is 0.459 e. The second-order valence-corrected chi connectivity index (χ2v) is 5.21. The Morgan fingerprint density at radius 1 is 1.20 bits per heavy atom. The lowest BCUT2D eigenvalue weighted by Gasteiger charge is -2.23. The maximum Gasteiger partial charge on any atom is 0.317 e. The van der Waals surface area contributed by atoms with E-state index in [1.807, 2.05) is 13.8 Å². The minimum Gasteiger partial charge on any atom is -0.459 e. The first-order chi connectivity index (χ1) is 9.58. The van der Waals surface area contributed by atoms with E-state index >= 15 is 0 Å². The summed E-state index contributed by atoms with van der Waals surface area (Å²) in [5, 5.41) is 2.88. The van der Waals surface area contributed by atoms with Crippen molar-refractivity contribution in [3.05, 3.63) is 24.2 Å². The Hall–Kier alpha value is -1.98. The van der Waals surface area contributed by atoms with Crippen LogP contribution in [0.15, 0.2) is 22.8 Å². The highest BCUT2D eigenvalue weighted by molar-refractivity contribution is 5.91. The van der Waals surface area contributed by atoms with Crippen LogP contribution in [0, 0.1) is 0 Å². The number of furan rings is 1. The van der Waals surface area contributed by atoms with Crippen LogP contribution in [0.3, 0.4) is 0 Å². The van der Waals surface area contributed by atoms with Crippen LogP contribution < -0.4 is 5.32 Å². The van der Waals surface area contributed by atoms with Gasteiger partial charge < -0.3 is 19.5 Å². The van der Waals surface area contributed by atoms with Gasteiger partial charge in [-0.15, -0.1) is 0 Å². The third-order valence-electron chi connectivity index (χ3n) is 3.21. The highest BCUT2D eigenvalue weighted by Gasteiger charge is 2.24. The molecule has 1 N–H and O–H groups in total. The predicted octanol–water partition coefficient (Wildman–Crippen LogP) is 1.55. The summed E-state index contributed by atoms with van der Waals surface area (Å²) in [5.41, 5.74) is 0. The molecule has 1 aliphatic heterocycles. The normalized spacial score (nSPS) is 16.1. The summed E-state index contributed by atoms with van der Waals surface area (Å²) >= 11 is 0. The number of hydrogen-bond donors (Lipinski definition) is 1. The van der Waals surface area contributed by atoms with Crippen molar-refractivity contribution in [1.29, 1.82) is 0 Å². The molecule has 110 valence electrons. The molecule has 6 nitrogen and oxygen atoms in total. The highest BCUT2D eigenvalue weighted by atomic mass is 16.3. The monoisotopic (exact) mass is 279 g/mol. The Labute approximate surface area is 118 Å². The fourth-order valence-corrected chi connectivity index (χ4v) is 2.22. The van der Waals surface area contributed by atoms with Gasteiger partial charge in [0.15, 0.2) is 5.76 Å². The summed E-state index contributed by atoms with van der Waals surface area (Å²) in [6, 6.07) is 3.42. The van der Waals surface area contributed by atoms with E-state index in [-0.39, 0.29) is 18.0 Å². The van der Waals surface area contributed by atoms with Gasteiger partial charge in [-0.1, -0.05) is 0 Å². The van der Waals surface area contributed by atoms with Gasteiger partial charge in [-0.25, -0.2) is 4.79 Å². The third-order valence-corrected chi connectivity index (χ3v) is 3.21. The Morgan fingerprint density at radius 3 is 2.55 bits per heavy atom. The first-order valence-corrected chi connectivity index (χ1v) is 6.96. The zero-order valence-electron chi connectivity index (χ0n) is 12.0. The smallest absolute Gasteiger partial charge is 0.317 e. The quantitative estimate of drug-likeness (QED) is 0.893. The minimum absolute atomic E-state index is 0.0627. The second kappa shape index (κ2) is 6.45. The van der Waals surface area contributed by atoms with E-state index in [0.717, 1.165) is 6.42 Å². The summed E-state index contributed by atoms with van der Waals surface area (Å²) in [6.45, 7) is 6.26. The van der Waals surface area contributed by atoms with E-state index in [4.69, 9.17) is 4.42 Å². The molecule has 0 saturated carbocycles. The fraction of sp³-hybridized carbons (Fsp3) is 0.571. The molecule has 2 rings (SSSR count). The molecule has 0 atom stereocenters. The zero-order valence-corrected chi connectivity index (χ0v) is 12.0. The molecular weight excluding hydrogens is 258 g/mol. The van der Waals surface area contributed by atoms with E-state index in [2.05, 4.69) is 5.32 Å². The average molecular weight is 279 g/mol. The highest BCUT2D eigenvalue weighted by Crippen LogP contribution is 2.10. The Kier molecular flexibility index (Phi) is 4.65. The van der Waals surface area contributed by atoms with Crippen molar-refractivity contribution in [2.75, 3.05) is 26.2 Å². The molecule has 1 aromatic heterocycles. The van der Waals surface area contributed by atoms with Crippen LogP contribution in [-0.4, -0.2) is 54.0 Å². The standard InChI is InChI=1S/C14H21N3O3/c1-11(2)15-14(19)17-7-4-6-16(8-9-17)13(18)12-5-3-10-20-12/h3,5,10-11H,4,6-9H2,1-2H3,(H,15,19). The first kappa shape index (κ1) is 14.4. The van der Waals surface area contributed by atoms with Crippen LogP contribution >= 0.6 is 0 Å². The van der Waals surface area contributed by atoms with Crippen molar-refractivity contribution in [1.82, 2.24) is 15.1 Å². The Balaban J connectivity index is 1.92. The number of carbonyl (C=O) groups excluding carboxylic acids is 2. The van der Waals surface area contributed by atoms with Gasteiger partial charge in [-0.2, -0.15) is 0 Å². The second-order valence-electron chi connectivity index (χ2n) is 5.21. The fourth-order valence-electron chi connectivity index (χ4n) is 2.22. The van der Waals surface area contributed by atoms with Gasteiger partial charge in [0.25, 0.3) is 5.91 Å². The Morgan fingerprint density at radius 2 is 1.90 bits per heavy atom. The van der Waals surface area contributed by atoms with Crippen LogP contribution in [-0.2, 0) is 0 Å². The zero-order chi connectivity index (χ0) is 14.5. The van der Waals surface area contributed by atoms with E-state index in [1.165, 1.54) is 6.26 Å². The topological polar surface area (TPSA) is 65.8 Å². The van der Waals surface area contributed by atoms with Gasteiger partial charge in [0.1, 0.15) is 0 Å². The van der Waals surface area contributed by atoms with E-state index in [1.54, 1.807) is 21.9 Å². The molecule has 2 heterocycles. The van der Waals surface area contributed by atoms with Crippen LogP contribution in [0.2, 0.25) is 0 Å². The third kappa shape index (κ3) is 3.53. The summed E-state index contributed by atoms with van der Waals surface area (Å²) in [4.78, 5) is 27.6. The number of amides is 3. The maximum absolute atomic E-state index is 12.2. The number of rotatable bonds is 2. The molecule has 0 unspecified atom stereocenters. The maximum atomic E-state index is 12.2. The van der Waals surface area contributed by atoms with Crippen molar-refractivity contribution in [3.8, 4) is 0 Å². The van der Waals surface area contributed by atoms with Crippen molar-refractivity contribution in [3.63, 3.8) is 0 Å². The molecule has 3 amide bonds. The summed E-state index contributed by atoms with van der Waals surface area (Å²) < 4.78 is 5.13. The number of nitrogens with zero attached hydrogens (tertiary/aromatic N) is 2. The van der Waals surface area contributed by atoms with Crippen molar-refractivity contribution < 1.29 is 14.0 Å². The van der Waals surface area contributed by atoms with Gasteiger partial charge >= 0.3 is 6.03 Å². The van der Waals surface area contributed by atoms with Crippen molar-refractivity contribution in [2.45, 2.75) is 26.3 Å². The number of nitrogens with one attached hydrogen (secondary N) is 1. The lowest BCUT2D eigenvalue weighted by Crippen LogP contribution is -2.44. The predicted molar refractivity (Wildman–Crippen MR) is 74.5 cm³/mol. The SMILES string of the molecule is CC(C)NC(=O)N1CCCN(C(=O)c2ccco2)CC1. The molecule has 1 saturated heterocycles. The molecule has 20 heavy (non-hydrogen) atoms. The van der Waals surface area contributed by atoms with Gasteiger partial charge in [-0.3, -0.25) is 4.79 Å². The molecule has 1 aliphatic rings. The van der Waals surface area contributed by atoms with E-state index in [9.17, 15) is 9.59 Å². The number of urea groups is 1. The summed E-state index contributed by atoms with van der Waals surface area (Å²) in [5.74, 6) is 0.242. The lowest BCUT2D eigenvalue weighted by molar-refractivity contribution is 0.0730. The molecule has 0 radical (unpaired) electrons. The molecule has 1 fully saturated rings. The molecule has 0 bridgehead atoms. The van der Waals surface area contributed by atoms with Crippen molar-refractivity contribution in [2.24, 2.45) is 0 Å². The van der Waals surface area contributed by atoms with Gasteiger partial charge in [0.05, 0.1) is 6.26 Å². The van der Waals surface area contributed by atoms with Gasteiger partial charge in [-0.05, 0) is 32.4 Å². The van der Waals surface area contributed by atoms with Crippen LogP contribution in [0.5, 0.6) is 0 Å². The van der Waals surface area contributed by atoms with E-state index in [0.29, 0.717) is 31.9 Å². The Bertz CT molecular complexity index is 456. The summed E-state index contributed by atoms with van der Waals surface area (Å²) in [6.07, 6.45) is 2.27. The molecule has 0 aromatic carbocycles. The van der Waals surface area contributed by atoms with Crippen LogP contribution in [0.25, 0.3) is 0 Å². The molecule has 0 aliphatic carbocycles. The van der Waals surface area contributed by atoms with Crippen molar-refractivity contribution >= 4 is 11.9 Å².